The van der Waals surface area contributed by atoms with Crippen molar-refractivity contribution in [2.75, 3.05) is 32.1 Å². The fraction of sp³-hybridized carbons (Fsp3) is 0.562. The molecular formula is C16H24N4O. The average Bonchev–Trinajstić information content (AvgIpc) is 2.71. The quantitative estimate of drug-likeness (QED) is 0.656. The number of nitrogen functional groups attached to an aromatic ring is 1. The third kappa shape index (κ3) is 2.58. The predicted octanol–water partition coefficient (Wildman–Crippen LogP) is 1.65. The lowest BCUT2D eigenvalue weighted by Crippen LogP contribution is -2.37. The summed E-state index contributed by atoms with van der Waals surface area (Å²) >= 11 is 0. The van der Waals surface area contributed by atoms with Crippen molar-refractivity contribution in [3.05, 3.63) is 23.8 Å². The second kappa shape index (κ2) is 5.56. The van der Waals surface area contributed by atoms with Gasteiger partial charge in [0.05, 0.1) is 12.8 Å². The molecule has 1 aromatic rings. The van der Waals surface area contributed by atoms with Gasteiger partial charge in [-0.1, -0.05) is 0 Å². The maximum absolute atomic E-state index is 7.82. The van der Waals surface area contributed by atoms with Gasteiger partial charge in [0.25, 0.3) is 0 Å². The molecule has 0 spiro atoms. The molecule has 2 aliphatic rings. The molecule has 0 aromatic heterocycles. The Labute approximate surface area is 126 Å². The van der Waals surface area contributed by atoms with Gasteiger partial charge in [0.15, 0.2) is 0 Å². The maximum Gasteiger partial charge on any atom is 0.124 e. The molecule has 114 valence electrons. The van der Waals surface area contributed by atoms with E-state index in [0.29, 0.717) is 12.1 Å². The lowest BCUT2D eigenvalue weighted by Gasteiger charge is -2.29. The fourth-order valence-electron chi connectivity index (χ4n) is 3.66. The molecule has 2 saturated heterocycles. The molecule has 0 amide bonds. The number of amidine groups is 1. The molecule has 2 unspecified atom stereocenters. The van der Waals surface area contributed by atoms with Crippen molar-refractivity contribution in [3.8, 4) is 5.75 Å². The second-order valence-electron chi connectivity index (χ2n) is 6.08. The minimum absolute atomic E-state index is 0.121. The van der Waals surface area contributed by atoms with Crippen molar-refractivity contribution in [2.24, 2.45) is 5.73 Å². The van der Waals surface area contributed by atoms with Gasteiger partial charge in [0.2, 0.25) is 0 Å². The topological polar surface area (TPSA) is 65.6 Å². The summed E-state index contributed by atoms with van der Waals surface area (Å²) in [4.78, 5) is 4.90. The van der Waals surface area contributed by atoms with Crippen molar-refractivity contribution in [2.45, 2.75) is 31.3 Å². The Balaban J connectivity index is 1.93. The van der Waals surface area contributed by atoms with Gasteiger partial charge in [-0.05, 0) is 38.4 Å². The first-order chi connectivity index (χ1) is 10.1. The Morgan fingerprint density at radius 2 is 2.05 bits per heavy atom. The van der Waals surface area contributed by atoms with Crippen LogP contribution in [0.3, 0.4) is 0 Å². The minimum Gasteiger partial charge on any atom is -0.497 e. The first kappa shape index (κ1) is 14.2. The number of hydrogen-bond donors (Lipinski definition) is 2. The van der Waals surface area contributed by atoms with Crippen molar-refractivity contribution in [3.63, 3.8) is 0 Å². The van der Waals surface area contributed by atoms with Crippen molar-refractivity contribution >= 4 is 11.5 Å². The second-order valence-corrected chi connectivity index (χ2v) is 6.08. The number of fused-ring (bicyclic) bond motifs is 2. The molecule has 21 heavy (non-hydrogen) atoms. The zero-order valence-corrected chi connectivity index (χ0v) is 12.8. The molecule has 3 N–H and O–H groups in total. The van der Waals surface area contributed by atoms with E-state index in [4.69, 9.17) is 15.9 Å². The third-order valence-electron chi connectivity index (χ3n) is 4.98. The molecular weight excluding hydrogens is 264 g/mol. The molecule has 2 heterocycles. The fourth-order valence-corrected chi connectivity index (χ4v) is 3.66. The smallest absolute Gasteiger partial charge is 0.124 e. The van der Waals surface area contributed by atoms with E-state index in [-0.39, 0.29) is 5.84 Å². The lowest BCUT2D eigenvalue weighted by molar-refractivity contribution is 0.254. The summed E-state index contributed by atoms with van der Waals surface area (Å²) < 4.78 is 5.35. The van der Waals surface area contributed by atoms with E-state index < -0.39 is 0 Å². The number of nitrogens with zero attached hydrogens (tertiary/aromatic N) is 2. The zero-order valence-electron chi connectivity index (χ0n) is 12.8. The molecule has 3 rings (SSSR count). The number of nitrogens with one attached hydrogen (secondary N) is 1. The highest BCUT2D eigenvalue weighted by atomic mass is 16.5. The van der Waals surface area contributed by atoms with Crippen LogP contribution in [0.4, 0.5) is 5.69 Å². The van der Waals surface area contributed by atoms with E-state index in [0.717, 1.165) is 30.1 Å². The van der Waals surface area contributed by atoms with Crippen LogP contribution >= 0.6 is 0 Å². The van der Waals surface area contributed by atoms with Gasteiger partial charge < -0.3 is 15.4 Å². The minimum atomic E-state index is 0.121. The van der Waals surface area contributed by atoms with Crippen LogP contribution in [0, 0.1) is 5.41 Å². The van der Waals surface area contributed by atoms with Gasteiger partial charge in [0.1, 0.15) is 11.6 Å². The summed E-state index contributed by atoms with van der Waals surface area (Å²) in [6, 6.07) is 7.07. The van der Waals surface area contributed by atoms with E-state index in [1.165, 1.54) is 19.3 Å². The monoisotopic (exact) mass is 288 g/mol. The molecule has 0 radical (unpaired) electrons. The molecule has 2 aliphatic heterocycles. The molecule has 2 fully saturated rings. The number of rotatable bonds is 3. The van der Waals surface area contributed by atoms with Gasteiger partial charge in [-0.3, -0.25) is 10.3 Å². The Morgan fingerprint density at radius 1 is 1.29 bits per heavy atom. The van der Waals surface area contributed by atoms with Crippen LogP contribution in [0.5, 0.6) is 5.75 Å². The van der Waals surface area contributed by atoms with Crippen LogP contribution in [0.1, 0.15) is 24.8 Å². The number of likely N-dealkylation sites (N-methyl/N-ethyl adjacent to an activating group) is 1. The van der Waals surface area contributed by atoms with Crippen LogP contribution < -0.4 is 15.4 Å². The summed E-state index contributed by atoms with van der Waals surface area (Å²) in [5.74, 6) is 0.938. The molecule has 1 aromatic carbocycles. The Kier molecular flexibility index (Phi) is 3.76. The van der Waals surface area contributed by atoms with E-state index >= 15 is 0 Å². The van der Waals surface area contributed by atoms with Crippen molar-refractivity contribution in [1.29, 1.82) is 5.41 Å². The maximum atomic E-state index is 7.82. The summed E-state index contributed by atoms with van der Waals surface area (Å²) in [6.45, 7) is 2.01. The van der Waals surface area contributed by atoms with Gasteiger partial charge in [-0.25, -0.2) is 0 Å². The summed E-state index contributed by atoms with van der Waals surface area (Å²) in [6.07, 6.45) is 3.74. The largest absolute Gasteiger partial charge is 0.497 e. The Hall–Kier alpha value is -1.75. The third-order valence-corrected chi connectivity index (χ3v) is 4.98. The van der Waals surface area contributed by atoms with Crippen LogP contribution in [-0.4, -0.2) is 50.1 Å². The van der Waals surface area contributed by atoms with Crippen LogP contribution in [0.25, 0.3) is 0 Å². The number of anilines is 1. The lowest BCUT2D eigenvalue weighted by atomic mass is 10.1. The summed E-state index contributed by atoms with van der Waals surface area (Å²) in [7, 11) is 3.91. The number of benzene rings is 1. The Morgan fingerprint density at radius 3 is 2.76 bits per heavy atom. The first-order valence-corrected chi connectivity index (χ1v) is 7.59. The molecule has 0 aliphatic carbocycles. The highest BCUT2D eigenvalue weighted by Gasteiger charge is 2.35. The van der Waals surface area contributed by atoms with Crippen LogP contribution in [-0.2, 0) is 0 Å². The van der Waals surface area contributed by atoms with E-state index in [1.807, 2.05) is 18.2 Å². The number of hydrogen-bond acceptors (Lipinski definition) is 4. The van der Waals surface area contributed by atoms with Gasteiger partial charge in [-0.2, -0.15) is 0 Å². The van der Waals surface area contributed by atoms with Crippen LogP contribution in [0.2, 0.25) is 0 Å². The van der Waals surface area contributed by atoms with Crippen molar-refractivity contribution in [1.82, 2.24) is 4.90 Å². The number of nitrogens with two attached hydrogens (primary N) is 1. The normalized spacial score (nSPS) is 25.7. The van der Waals surface area contributed by atoms with E-state index in [9.17, 15) is 0 Å². The molecule has 0 saturated carbocycles. The molecule has 5 heteroatoms. The van der Waals surface area contributed by atoms with E-state index in [1.54, 1.807) is 7.11 Å². The van der Waals surface area contributed by atoms with E-state index in [2.05, 4.69) is 16.8 Å². The van der Waals surface area contributed by atoms with Crippen molar-refractivity contribution < 1.29 is 4.74 Å². The zero-order chi connectivity index (χ0) is 15.0. The number of ether oxygens (including phenoxy) is 1. The van der Waals surface area contributed by atoms with Gasteiger partial charge in [0, 0.05) is 36.8 Å². The molecule has 2 atom stereocenters. The van der Waals surface area contributed by atoms with Gasteiger partial charge in [-0.15, -0.1) is 0 Å². The van der Waals surface area contributed by atoms with Gasteiger partial charge >= 0.3 is 0 Å². The molecule has 2 bridgehead atoms. The Bertz CT molecular complexity index is 545. The highest BCUT2D eigenvalue weighted by molar-refractivity contribution is 6.00. The summed E-state index contributed by atoms with van der Waals surface area (Å²) in [5.41, 5.74) is 7.59. The number of methoxy groups -OCH3 is 1. The summed E-state index contributed by atoms with van der Waals surface area (Å²) in [5, 5.41) is 7.82. The first-order valence-electron chi connectivity index (χ1n) is 7.59. The van der Waals surface area contributed by atoms with Crippen LogP contribution in [0.15, 0.2) is 18.2 Å². The average molecular weight is 288 g/mol. The highest BCUT2D eigenvalue weighted by Crippen LogP contribution is 2.33. The predicted molar refractivity (Wildman–Crippen MR) is 85.4 cm³/mol. The molecule has 5 nitrogen and oxygen atoms in total. The SMILES string of the molecule is COc1ccc(C(=N)N)c(N2CCC3CCC(C2)N3C)c1. The standard InChI is InChI=1S/C16H24N4O/c1-19-11-3-4-12(19)10-20(8-7-11)15-9-13(21-2)5-6-14(15)16(17)18/h5-6,9,11-12H,3-4,7-8,10H2,1-2H3,(H3,17,18).